The minimum atomic E-state index is 0.710. The van der Waals surface area contributed by atoms with E-state index in [1.54, 1.807) is 11.9 Å². The first-order valence-electron chi connectivity index (χ1n) is 8.88. The van der Waals surface area contributed by atoms with E-state index in [4.69, 9.17) is 0 Å². The van der Waals surface area contributed by atoms with Crippen LogP contribution in [0.4, 0.5) is 11.6 Å². The molecule has 0 radical (unpaired) electrons. The Hall–Kier alpha value is -2.25. The fourth-order valence-electron chi connectivity index (χ4n) is 2.64. The van der Waals surface area contributed by atoms with Crippen LogP contribution in [0.1, 0.15) is 19.4 Å². The monoisotopic (exact) mass is 370 g/mol. The summed E-state index contributed by atoms with van der Waals surface area (Å²) in [5.74, 6) is 0.763. The molecule has 26 heavy (non-hydrogen) atoms. The predicted octanol–water partition coefficient (Wildman–Crippen LogP) is 3.76. The summed E-state index contributed by atoms with van der Waals surface area (Å²) in [4.78, 5) is 3.28. The molecule has 0 bridgehead atoms. The van der Waals surface area contributed by atoms with E-state index in [2.05, 4.69) is 75.1 Å². The molecule has 6 nitrogen and oxygen atoms in total. The third kappa shape index (κ3) is 4.28. The molecule has 0 unspecified atom stereocenters. The number of hydrogen-bond donors (Lipinski definition) is 1. The first kappa shape index (κ1) is 18.5. The van der Waals surface area contributed by atoms with E-state index in [9.17, 15) is 0 Å². The number of pyridine rings is 1. The number of hydrogen-bond acceptors (Lipinski definition) is 6. The Balaban J connectivity index is 1.73. The van der Waals surface area contributed by atoms with Crippen LogP contribution in [0.15, 0.2) is 47.5 Å². The van der Waals surface area contributed by atoms with E-state index in [0.29, 0.717) is 6.54 Å². The highest BCUT2D eigenvalue weighted by Crippen LogP contribution is 2.23. The second-order valence-electron chi connectivity index (χ2n) is 6.24. The van der Waals surface area contributed by atoms with Gasteiger partial charge in [0.25, 0.3) is 0 Å². The van der Waals surface area contributed by atoms with Gasteiger partial charge in [-0.25, -0.2) is 4.31 Å². The van der Waals surface area contributed by atoms with Crippen LogP contribution in [-0.4, -0.2) is 46.1 Å². The molecule has 0 spiro atoms. The van der Waals surface area contributed by atoms with E-state index >= 15 is 0 Å². The molecule has 0 atom stereocenters. The average molecular weight is 371 g/mol. The molecular weight excluding hydrogens is 344 g/mol. The summed E-state index contributed by atoms with van der Waals surface area (Å²) in [6, 6.07) is 12.6. The summed E-state index contributed by atoms with van der Waals surface area (Å²) in [6.07, 6.45) is 2.09. The summed E-state index contributed by atoms with van der Waals surface area (Å²) < 4.78 is 4.32. The van der Waals surface area contributed by atoms with Gasteiger partial charge in [-0.1, -0.05) is 26.0 Å². The van der Waals surface area contributed by atoms with Crippen LogP contribution in [-0.2, 0) is 6.54 Å². The lowest BCUT2D eigenvalue weighted by atomic mass is 10.2. The van der Waals surface area contributed by atoms with Crippen LogP contribution in [0.3, 0.4) is 0 Å². The van der Waals surface area contributed by atoms with Gasteiger partial charge in [-0.05, 0) is 41.8 Å². The Morgan fingerprint density at radius 3 is 2.38 bits per heavy atom. The number of nitrogens with one attached hydrogen (secondary N) is 1. The van der Waals surface area contributed by atoms with Crippen molar-refractivity contribution in [1.82, 2.24) is 18.9 Å². The number of fused-ring (bicyclic) bond motifs is 1. The average Bonchev–Trinajstić information content (AvgIpc) is 3.07. The maximum Gasteiger partial charge on any atom is 0.229 e. The van der Waals surface area contributed by atoms with E-state index in [1.165, 1.54) is 16.1 Å². The van der Waals surface area contributed by atoms with Gasteiger partial charge in [0.1, 0.15) is 0 Å². The molecule has 0 amide bonds. The molecule has 2 aromatic heterocycles. The van der Waals surface area contributed by atoms with Crippen molar-refractivity contribution in [3.63, 3.8) is 0 Å². The number of anilines is 2. The van der Waals surface area contributed by atoms with E-state index < -0.39 is 0 Å². The minimum absolute atomic E-state index is 0.710. The minimum Gasteiger partial charge on any atom is -0.378 e. The summed E-state index contributed by atoms with van der Waals surface area (Å²) in [6.45, 7) is 7.07. The fraction of sp³-hybridized carbons (Fsp3) is 0.368. The second kappa shape index (κ2) is 8.42. The van der Waals surface area contributed by atoms with Crippen molar-refractivity contribution in [3.8, 4) is 0 Å². The molecule has 3 rings (SSSR count). The molecule has 0 aliphatic carbocycles. The Kier molecular flexibility index (Phi) is 6.00. The fourth-order valence-corrected chi connectivity index (χ4v) is 3.48. The largest absolute Gasteiger partial charge is 0.378 e. The van der Waals surface area contributed by atoms with Crippen molar-refractivity contribution in [2.24, 2.45) is 0 Å². The molecule has 138 valence electrons. The SMILES string of the molecule is CCN(CC)Sc1ccc2nnc(NCc3ccc(N(C)C)cc3)n2c1. The maximum absolute atomic E-state index is 4.29. The third-order valence-electron chi connectivity index (χ3n) is 4.22. The lowest BCUT2D eigenvalue weighted by Crippen LogP contribution is -2.13. The molecule has 0 saturated carbocycles. The Bertz CT molecular complexity index is 839. The van der Waals surface area contributed by atoms with Crippen LogP contribution < -0.4 is 10.2 Å². The molecule has 0 saturated heterocycles. The van der Waals surface area contributed by atoms with Gasteiger partial charge in [0, 0.05) is 50.5 Å². The van der Waals surface area contributed by atoms with Gasteiger partial charge in [-0.3, -0.25) is 4.40 Å². The highest BCUT2D eigenvalue weighted by molar-refractivity contribution is 7.97. The summed E-state index contributed by atoms with van der Waals surface area (Å²) >= 11 is 1.76. The quantitative estimate of drug-likeness (QED) is 0.609. The second-order valence-corrected chi connectivity index (χ2v) is 7.41. The van der Waals surface area contributed by atoms with Gasteiger partial charge in [-0.2, -0.15) is 0 Å². The van der Waals surface area contributed by atoms with E-state index in [1.807, 2.05) is 24.6 Å². The molecule has 0 aliphatic heterocycles. The Labute approximate surface area is 159 Å². The van der Waals surface area contributed by atoms with Gasteiger partial charge in [0.05, 0.1) is 0 Å². The highest BCUT2D eigenvalue weighted by atomic mass is 32.2. The smallest absolute Gasteiger partial charge is 0.229 e. The zero-order valence-corrected chi connectivity index (χ0v) is 16.6. The first-order chi connectivity index (χ1) is 12.6. The van der Waals surface area contributed by atoms with Crippen molar-refractivity contribution >= 4 is 29.2 Å². The van der Waals surface area contributed by atoms with Crippen LogP contribution in [0.25, 0.3) is 5.65 Å². The van der Waals surface area contributed by atoms with Crippen molar-refractivity contribution in [1.29, 1.82) is 0 Å². The zero-order valence-electron chi connectivity index (χ0n) is 15.8. The van der Waals surface area contributed by atoms with E-state index in [-0.39, 0.29) is 0 Å². The van der Waals surface area contributed by atoms with Crippen molar-refractivity contribution in [3.05, 3.63) is 48.2 Å². The maximum atomic E-state index is 4.29. The van der Waals surface area contributed by atoms with Crippen LogP contribution >= 0.6 is 11.9 Å². The number of benzene rings is 1. The van der Waals surface area contributed by atoms with Crippen molar-refractivity contribution in [2.75, 3.05) is 37.4 Å². The van der Waals surface area contributed by atoms with Gasteiger partial charge >= 0.3 is 0 Å². The summed E-state index contributed by atoms with van der Waals surface area (Å²) in [5.41, 5.74) is 3.25. The van der Waals surface area contributed by atoms with Gasteiger partial charge < -0.3 is 10.2 Å². The van der Waals surface area contributed by atoms with Crippen LogP contribution in [0.5, 0.6) is 0 Å². The highest BCUT2D eigenvalue weighted by Gasteiger charge is 2.08. The summed E-state index contributed by atoms with van der Waals surface area (Å²) in [5, 5.41) is 11.9. The standard InChI is InChI=1S/C19H26N6S/c1-5-24(6-2)26-17-11-12-18-21-22-19(25(18)14-17)20-13-15-7-9-16(10-8-15)23(3)4/h7-12,14H,5-6,13H2,1-4H3,(H,20,22). The molecule has 2 heterocycles. The lowest BCUT2D eigenvalue weighted by molar-refractivity contribution is 0.525. The molecule has 0 fully saturated rings. The third-order valence-corrected chi connectivity index (χ3v) is 5.45. The van der Waals surface area contributed by atoms with Crippen LogP contribution in [0, 0.1) is 0 Å². The number of nitrogens with zero attached hydrogens (tertiary/aromatic N) is 5. The topological polar surface area (TPSA) is 48.7 Å². The van der Waals surface area contributed by atoms with Gasteiger partial charge in [-0.15, -0.1) is 10.2 Å². The Morgan fingerprint density at radius 1 is 1.00 bits per heavy atom. The molecular formula is C19H26N6S. The van der Waals surface area contributed by atoms with Gasteiger partial charge in [0.2, 0.25) is 5.95 Å². The lowest BCUT2D eigenvalue weighted by Gasteiger charge is -2.16. The normalized spacial score (nSPS) is 11.3. The molecule has 1 N–H and O–H groups in total. The summed E-state index contributed by atoms with van der Waals surface area (Å²) in [7, 11) is 4.09. The predicted molar refractivity (Wildman–Crippen MR) is 110 cm³/mol. The Morgan fingerprint density at radius 2 is 1.73 bits per heavy atom. The number of aromatic nitrogens is 3. The first-order valence-corrected chi connectivity index (χ1v) is 9.66. The molecule has 1 aromatic carbocycles. The number of rotatable bonds is 8. The molecule has 7 heteroatoms. The van der Waals surface area contributed by atoms with Gasteiger partial charge in [0.15, 0.2) is 5.65 Å². The zero-order chi connectivity index (χ0) is 18.5. The molecule has 0 aliphatic rings. The van der Waals surface area contributed by atoms with Crippen LogP contribution in [0.2, 0.25) is 0 Å². The molecule has 3 aromatic rings. The van der Waals surface area contributed by atoms with Crippen molar-refractivity contribution < 1.29 is 0 Å². The van der Waals surface area contributed by atoms with Crippen molar-refractivity contribution in [2.45, 2.75) is 25.3 Å². The van der Waals surface area contributed by atoms with E-state index in [0.717, 1.165) is 24.7 Å².